The van der Waals surface area contributed by atoms with Gasteiger partial charge in [0.25, 0.3) is 5.91 Å². The van der Waals surface area contributed by atoms with E-state index in [-0.39, 0.29) is 5.91 Å². The van der Waals surface area contributed by atoms with Crippen LogP contribution in [0.15, 0.2) is 41.0 Å². The van der Waals surface area contributed by atoms with Crippen molar-refractivity contribution >= 4 is 21.6 Å². The largest absolute Gasteiger partial charge is 0.467 e. The Kier molecular flexibility index (Phi) is 5.63. The molecule has 0 aliphatic carbocycles. The molecule has 1 aromatic heterocycles. The number of carbonyl (C=O) groups excluding carboxylic acids is 1. The van der Waals surface area contributed by atoms with Gasteiger partial charge in [0.15, 0.2) is 0 Å². The highest BCUT2D eigenvalue weighted by molar-refractivity contribution is 7.92. The molecule has 7 nitrogen and oxygen atoms in total. The second-order valence-corrected chi connectivity index (χ2v) is 8.08. The van der Waals surface area contributed by atoms with Crippen molar-refractivity contribution in [1.29, 1.82) is 0 Å². The van der Waals surface area contributed by atoms with E-state index in [1.165, 1.54) is 10.6 Å². The molecule has 0 bridgehead atoms. The summed E-state index contributed by atoms with van der Waals surface area (Å²) in [6.45, 7) is 1.87. The van der Waals surface area contributed by atoms with E-state index in [1.807, 2.05) is 12.1 Å². The lowest BCUT2D eigenvalue weighted by atomic mass is 10.1. The summed E-state index contributed by atoms with van der Waals surface area (Å²) in [7, 11) is -3.28. The van der Waals surface area contributed by atoms with Crippen molar-refractivity contribution < 1.29 is 22.4 Å². The van der Waals surface area contributed by atoms with Gasteiger partial charge < -0.3 is 14.5 Å². The first kappa shape index (κ1) is 18.5. The zero-order valence-electron chi connectivity index (χ0n) is 14.6. The van der Waals surface area contributed by atoms with Crippen LogP contribution in [0.3, 0.4) is 0 Å². The Labute approximate surface area is 153 Å². The molecule has 1 aliphatic heterocycles. The number of rotatable bonds is 8. The molecule has 0 spiro atoms. The molecule has 0 radical (unpaired) electrons. The molecule has 0 saturated heterocycles. The monoisotopic (exact) mass is 378 g/mol. The second kappa shape index (κ2) is 7.92. The van der Waals surface area contributed by atoms with Gasteiger partial charge in [0.2, 0.25) is 10.0 Å². The number of sulfonamides is 1. The van der Waals surface area contributed by atoms with Gasteiger partial charge in [0, 0.05) is 25.3 Å². The molecule has 8 heteroatoms. The molecule has 1 amide bonds. The zero-order valence-corrected chi connectivity index (χ0v) is 15.4. The molecule has 3 rings (SSSR count). The fourth-order valence-electron chi connectivity index (χ4n) is 2.90. The maximum atomic E-state index is 12.2. The summed E-state index contributed by atoms with van der Waals surface area (Å²) in [6, 6.07) is 8.78. The Morgan fingerprint density at radius 3 is 2.92 bits per heavy atom. The predicted molar refractivity (Wildman–Crippen MR) is 97.7 cm³/mol. The molecule has 0 unspecified atom stereocenters. The van der Waals surface area contributed by atoms with Gasteiger partial charge in [-0.25, -0.2) is 8.42 Å². The molecule has 26 heavy (non-hydrogen) atoms. The maximum Gasteiger partial charge on any atom is 0.251 e. The normalized spacial score (nSPS) is 13.7. The molecule has 0 fully saturated rings. The van der Waals surface area contributed by atoms with Crippen LogP contribution in [0.1, 0.15) is 28.1 Å². The number of furan rings is 1. The Bertz CT molecular complexity index is 862. The Morgan fingerprint density at radius 2 is 2.19 bits per heavy atom. The first-order valence-corrected chi connectivity index (χ1v) is 10.3. The maximum absolute atomic E-state index is 12.2. The van der Waals surface area contributed by atoms with E-state index in [9.17, 15) is 13.2 Å². The number of fused-ring (bicyclic) bond motifs is 1. The minimum atomic E-state index is -3.28. The molecular weight excluding hydrogens is 356 g/mol. The summed E-state index contributed by atoms with van der Waals surface area (Å²) in [5.74, 6) is 0.604. The molecule has 140 valence electrons. The van der Waals surface area contributed by atoms with Crippen molar-refractivity contribution in [3.05, 3.63) is 53.5 Å². The molecule has 0 saturated carbocycles. The van der Waals surface area contributed by atoms with Crippen LogP contribution >= 0.6 is 0 Å². The predicted octanol–water partition coefficient (Wildman–Crippen LogP) is 1.94. The second-order valence-electron chi connectivity index (χ2n) is 6.17. The quantitative estimate of drug-likeness (QED) is 0.709. The van der Waals surface area contributed by atoms with Crippen molar-refractivity contribution in [1.82, 2.24) is 5.32 Å². The van der Waals surface area contributed by atoms with Gasteiger partial charge >= 0.3 is 0 Å². The van der Waals surface area contributed by atoms with Gasteiger partial charge in [-0.2, -0.15) is 0 Å². The van der Waals surface area contributed by atoms with Crippen LogP contribution in [-0.2, 0) is 27.8 Å². The lowest BCUT2D eigenvalue weighted by Gasteiger charge is -2.16. The van der Waals surface area contributed by atoms with E-state index in [2.05, 4.69) is 5.32 Å². The molecule has 2 aromatic rings. The number of benzene rings is 1. The fourth-order valence-corrected chi connectivity index (χ4v) is 3.86. The molecule has 2 heterocycles. The first-order chi connectivity index (χ1) is 12.4. The summed E-state index contributed by atoms with van der Waals surface area (Å²) in [6.07, 6.45) is 4.10. The lowest BCUT2D eigenvalue weighted by molar-refractivity contribution is 0.0917. The number of hydrogen-bond acceptors (Lipinski definition) is 5. The van der Waals surface area contributed by atoms with Crippen LogP contribution in [0.4, 0.5) is 5.69 Å². The van der Waals surface area contributed by atoms with Crippen LogP contribution in [-0.4, -0.2) is 40.3 Å². The smallest absolute Gasteiger partial charge is 0.251 e. The molecule has 1 aromatic carbocycles. The van der Waals surface area contributed by atoms with Crippen LogP contribution in [0.2, 0.25) is 0 Å². The lowest BCUT2D eigenvalue weighted by Crippen LogP contribution is -2.27. The SMILES string of the molecule is CS(=O)(=O)N1CCc2cc(C(=O)NCCCOCc3ccco3)ccc21. The third-order valence-electron chi connectivity index (χ3n) is 4.17. The molecule has 1 aliphatic rings. The highest BCUT2D eigenvalue weighted by Crippen LogP contribution is 2.30. The van der Waals surface area contributed by atoms with Gasteiger partial charge in [0.1, 0.15) is 12.4 Å². The highest BCUT2D eigenvalue weighted by Gasteiger charge is 2.26. The van der Waals surface area contributed by atoms with E-state index < -0.39 is 10.0 Å². The third kappa shape index (κ3) is 4.44. The Hall–Kier alpha value is -2.32. The number of anilines is 1. The Morgan fingerprint density at radius 1 is 1.35 bits per heavy atom. The van der Waals surface area contributed by atoms with Crippen molar-refractivity contribution in [3.8, 4) is 0 Å². The highest BCUT2D eigenvalue weighted by atomic mass is 32.2. The van der Waals surface area contributed by atoms with E-state index in [4.69, 9.17) is 9.15 Å². The number of nitrogens with zero attached hydrogens (tertiary/aromatic N) is 1. The average Bonchev–Trinajstić information content (AvgIpc) is 3.25. The van der Waals surface area contributed by atoms with Crippen molar-refractivity contribution in [2.24, 2.45) is 0 Å². The summed E-state index contributed by atoms with van der Waals surface area (Å²) >= 11 is 0. The number of carbonyl (C=O) groups is 1. The summed E-state index contributed by atoms with van der Waals surface area (Å²) in [5, 5.41) is 2.85. The topological polar surface area (TPSA) is 88.9 Å². The van der Waals surface area contributed by atoms with Crippen LogP contribution in [0.5, 0.6) is 0 Å². The summed E-state index contributed by atoms with van der Waals surface area (Å²) in [5.41, 5.74) is 2.08. The molecule has 1 N–H and O–H groups in total. The number of ether oxygens (including phenoxy) is 1. The van der Waals surface area contributed by atoms with Gasteiger partial charge in [-0.05, 0) is 48.7 Å². The fraction of sp³-hybridized carbons (Fsp3) is 0.389. The number of amides is 1. The number of hydrogen-bond donors (Lipinski definition) is 1. The van der Waals surface area contributed by atoms with E-state index in [0.29, 0.717) is 50.4 Å². The molecular formula is C18H22N2O5S. The average molecular weight is 378 g/mol. The van der Waals surface area contributed by atoms with Crippen molar-refractivity contribution in [2.75, 3.05) is 30.3 Å². The van der Waals surface area contributed by atoms with Crippen molar-refractivity contribution in [3.63, 3.8) is 0 Å². The van der Waals surface area contributed by atoms with Crippen LogP contribution in [0, 0.1) is 0 Å². The van der Waals surface area contributed by atoms with Crippen LogP contribution in [0.25, 0.3) is 0 Å². The van der Waals surface area contributed by atoms with Gasteiger partial charge in [-0.3, -0.25) is 9.10 Å². The van der Waals surface area contributed by atoms with E-state index >= 15 is 0 Å². The first-order valence-electron chi connectivity index (χ1n) is 8.44. The minimum Gasteiger partial charge on any atom is -0.467 e. The molecule has 0 atom stereocenters. The third-order valence-corrected chi connectivity index (χ3v) is 5.35. The van der Waals surface area contributed by atoms with Gasteiger partial charge in [0.05, 0.1) is 18.2 Å². The van der Waals surface area contributed by atoms with Crippen molar-refractivity contribution in [2.45, 2.75) is 19.4 Å². The number of nitrogens with one attached hydrogen (secondary N) is 1. The summed E-state index contributed by atoms with van der Waals surface area (Å²) in [4.78, 5) is 12.2. The Balaban J connectivity index is 1.45. The van der Waals surface area contributed by atoms with E-state index in [1.54, 1.807) is 24.5 Å². The van der Waals surface area contributed by atoms with Gasteiger partial charge in [-0.1, -0.05) is 0 Å². The van der Waals surface area contributed by atoms with Crippen LogP contribution < -0.4 is 9.62 Å². The van der Waals surface area contributed by atoms with Gasteiger partial charge in [-0.15, -0.1) is 0 Å². The zero-order chi connectivity index (χ0) is 18.6. The standard InChI is InChI=1S/C18H22N2O5S/c1-26(22,23)20-9-7-14-12-15(5-6-17(14)20)18(21)19-8-3-10-24-13-16-4-2-11-25-16/h2,4-6,11-12H,3,7-10,13H2,1H3,(H,19,21). The van der Waals surface area contributed by atoms with E-state index in [0.717, 1.165) is 11.3 Å². The minimum absolute atomic E-state index is 0.170. The summed E-state index contributed by atoms with van der Waals surface area (Å²) < 4.78 is 35.5.